The summed E-state index contributed by atoms with van der Waals surface area (Å²) >= 11 is 1.37. The van der Waals surface area contributed by atoms with Gasteiger partial charge in [-0.25, -0.2) is 14.2 Å². The first-order chi connectivity index (χ1) is 13.7. The number of unbranched alkanes of at least 4 members (excludes halogenated alkanes) is 1. The van der Waals surface area contributed by atoms with Crippen LogP contribution in [0.3, 0.4) is 0 Å². The van der Waals surface area contributed by atoms with Crippen molar-refractivity contribution in [2.24, 2.45) is 0 Å². The second kappa shape index (κ2) is 7.89. The Morgan fingerprint density at radius 1 is 1.25 bits per heavy atom. The molecule has 3 heterocycles. The Kier molecular flexibility index (Phi) is 5.16. The number of aryl methyl sites for hydroxylation is 2. The van der Waals surface area contributed by atoms with E-state index >= 15 is 0 Å². The highest BCUT2D eigenvalue weighted by Gasteiger charge is 2.19. The van der Waals surface area contributed by atoms with Crippen LogP contribution in [-0.4, -0.2) is 36.0 Å². The maximum Gasteiger partial charge on any atom is 0.348 e. The Hall–Kier alpha value is -3.07. The summed E-state index contributed by atoms with van der Waals surface area (Å²) in [6.07, 6.45) is 2.01. The number of aromatic nitrogens is 6. The van der Waals surface area contributed by atoms with Gasteiger partial charge < -0.3 is 4.74 Å². The third kappa shape index (κ3) is 3.53. The number of hydrogen-bond donors (Lipinski definition) is 0. The fourth-order valence-electron chi connectivity index (χ4n) is 2.90. The molecule has 1 aromatic carbocycles. The lowest BCUT2D eigenvalue weighted by Crippen LogP contribution is -2.10. The van der Waals surface area contributed by atoms with Gasteiger partial charge in [0.2, 0.25) is 0 Å². The predicted octanol–water partition coefficient (Wildman–Crippen LogP) is 3.54. The molecule has 0 radical (unpaired) electrons. The molecular formula is C19H20N6O2S. The number of hydrogen-bond acceptors (Lipinski definition) is 7. The fraction of sp³-hybridized carbons (Fsp3) is 0.316. The van der Waals surface area contributed by atoms with Crippen LogP contribution in [0.25, 0.3) is 15.9 Å². The minimum absolute atomic E-state index is 0.0492. The van der Waals surface area contributed by atoms with E-state index in [-0.39, 0.29) is 12.6 Å². The largest absolute Gasteiger partial charge is 0.453 e. The third-order valence-electron chi connectivity index (χ3n) is 4.41. The minimum Gasteiger partial charge on any atom is -0.453 e. The smallest absolute Gasteiger partial charge is 0.348 e. The van der Waals surface area contributed by atoms with Crippen LogP contribution < -0.4 is 0 Å². The molecule has 0 aliphatic rings. The number of nitrogens with zero attached hydrogens (tertiary/aromatic N) is 6. The van der Waals surface area contributed by atoms with Crippen molar-refractivity contribution in [3.8, 4) is 5.69 Å². The first kappa shape index (κ1) is 18.3. The average molecular weight is 396 g/mol. The maximum atomic E-state index is 12.6. The Morgan fingerprint density at radius 2 is 2.07 bits per heavy atom. The van der Waals surface area contributed by atoms with Gasteiger partial charge in [0, 0.05) is 11.9 Å². The topological polar surface area (TPSA) is 87.7 Å². The van der Waals surface area contributed by atoms with E-state index in [1.807, 2.05) is 48.0 Å². The lowest BCUT2D eigenvalue weighted by atomic mass is 10.3. The molecule has 0 fully saturated rings. The maximum absolute atomic E-state index is 12.6. The van der Waals surface area contributed by atoms with E-state index in [9.17, 15) is 4.79 Å². The molecular weight excluding hydrogens is 376 g/mol. The molecule has 0 amide bonds. The van der Waals surface area contributed by atoms with E-state index in [2.05, 4.69) is 27.5 Å². The first-order valence-electron chi connectivity index (χ1n) is 9.14. The number of carbonyl (C=O) groups excluding carboxylic acids is 1. The molecule has 0 saturated carbocycles. The van der Waals surface area contributed by atoms with Crippen LogP contribution in [0.15, 0.2) is 36.4 Å². The second-order valence-electron chi connectivity index (χ2n) is 6.41. The summed E-state index contributed by atoms with van der Waals surface area (Å²) in [5, 5.41) is 17.1. The summed E-state index contributed by atoms with van der Waals surface area (Å²) in [6.45, 7) is 4.80. The van der Waals surface area contributed by atoms with Crippen LogP contribution in [0, 0.1) is 6.92 Å². The summed E-state index contributed by atoms with van der Waals surface area (Å²) in [5.41, 5.74) is 1.83. The number of para-hydroxylation sites is 1. The van der Waals surface area contributed by atoms with E-state index in [0.29, 0.717) is 17.2 Å². The lowest BCUT2D eigenvalue weighted by Gasteiger charge is -2.04. The second-order valence-corrected chi connectivity index (χ2v) is 7.44. The van der Waals surface area contributed by atoms with Gasteiger partial charge in [-0.2, -0.15) is 5.10 Å². The monoisotopic (exact) mass is 396 g/mol. The van der Waals surface area contributed by atoms with E-state index in [0.717, 1.165) is 34.4 Å². The number of tetrazole rings is 1. The lowest BCUT2D eigenvalue weighted by molar-refractivity contribution is 0.0462. The van der Waals surface area contributed by atoms with Gasteiger partial charge >= 0.3 is 5.97 Å². The number of thiophene rings is 1. The highest BCUT2D eigenvalue weighted by atomic mass is 32.1. The van der Waals surface area contributed by atoms with E-state index < -0.39 is 0 Å². The van der Waals surface area contributed by atoms with Gasteiger partial charge in [-0.3, -0.25) is 0 Å². The zero-order valence-corrected chi connectivity index (χ0v) is 16.5. The molecule has 28 heavy (non-hydrogen) atoms. The van der Waals surface area contributed by atoms with Crippen LogP contribution >= 0.6 is 11.3 Å². The van der Waals surface area contributed by atoms with Crippen LogP contribution in [0.4, 0.5) is 0 Å². The minimum atomic E-state index is -0.384. The molecule has 0 saturated heterocycles. The third-order valence-corrected chi connectivity index (χ3v) is 5.50. The standard InChI is InChI=1S/C19H20N6O2S/c1-3-4-10-24-17(20-22-23-24)12-27-19(26)16-11-15-13(2)21-25(18(15)28-16)14-8-6-5-7-9-14/h5-9,11H,3-4,10,12H2,1-2H3. The molecule has 9 heteroatoms. The van der Waals surface area contributed by atoms with Crippen LogP contribution in [0.2, 0.25) is 0 Å². The first-order valence-corrected chi connectivity index (χ1v) is 9.95. The van der Waals surface area contributed by atoms with Gasteiger partial charge in [-0.1, -0.05) is 31.5 Å². The summed E-state index contributed by atoms with van der Waals surface area (Å²) in [6, 6.07) is 11.7. The van der Waals surface area contributed by atoms with E-state index in [4.69, 9.17) is 4.74 Å². The molecule has 144 valence electrons. The molecule has 4 rings (SSSR count). The number of benzene rings is 1. The quantitative estimate of drug-likeness (QED) is 0.444. The summed E-state index contributed by atoms with van der Waals surface area (Å²) in [5.74, 6) is 0.166. The van der Waals surface area contributed by atoms with Gasteiger partial charge in [-0.05, 0) is 42.0 Å². The van der Waals surface area contributed by atoms with Crippen molar-refractivity contribution in [3.05, 3.63) is 52.8 Å². The Morgan fingerprint density at radius 3 is 2.86 bits per heavy atom. The Balaban J connectivity index is 1.53. The number of ether oxygens (including phenoxy) is 1. The van der Waals surface area contributed by atoms with Gasteiger partial charge in [0.25, 0.3) is 0 Å². The van der Waals surface area contributed by atoms with Crippen LogP contribution in [-0.2, 0) is 17.9 Å². The Labute approximate surface area is 165 Å². The summed E-state index contributed by atoms with van der Waals surface area (Å²) < 4.78 is 8.99. The summed E-state index contributed by atoms with van der Waals surface area (Å²) in [4.78, 5) is 14.0. The van der Waals surface area contributed by atoms with Crippen molar-refractivity contribution in [1.29, 1.82) is 0 Å². The number of fused-ring (bicyclic) bond motifs is 1. The van der Waals surface area contributed by atoms with Gasteiger partial charge in [0.15, 0.2) is 12.4 Å². The van der Waals surface area contributed by atoms with Gasteiger partial charge in [-0.15, -0.1) is 16.4 Å². The van der Waals surface area contributed by atoms with Crippen molar-refractivity contribution in [2.45, 2.75) is 39.8 Å². The average Bonchev–Trinajstić information content (AvgIpc) is 3.42. The van der Waals surface area contributed by atoms with Crippen molar-refractivity contribution >= 4 is 27.5 Å². The van der Waals surface area contributed by atoms with Crippen molar-refractivity contribution in [1.82, 2.24) is 30.0 Å². The fourth-order valence-corrected chi connectivity index (χ4v) is 3.98. The molecule has 8 nitrogen and oxygen atoms in total. The number of rotatable bonds is 7. The molecule has 0 unspecified atom stereocenters. The molecule has 0 spiro atoms. The van der Waals surface area contributed by atoms with E-state index in [1.54, 1.807) is 4.68 Å². The number of esters is 1. The number of carbonyl (C=O) groups is 1. The predicted molar refractivity (Wildman–Crippen MR) is 106 cm³/mol. The Bertz CT molecular complexity index is 1100. The molecule has 0 aliphatic heterocycles. The van der Waals surface area contributed by atoms with Crippen LogP contribution in [0.1, 0.15) is 41.0 Å². The molecule has 0 N–H and O–H groups in total. The molecule has 0 aliphatic carbocycles. The van der Waals surface area contributed by atoms with E-state index in [1.165, 1.54) is 11.3 Å². The van der Waals surface area contributed by atoms with Crippen LogP contribution in [0.5, 0.6) is 0 Å². The van der Waals surface area contributed by atoms with Crippen molar-refractivity contribution in [2.75, 3.05) is 0 Å². The zero-order valence-electron chi connectivity index (χ0n) is 15.7. The molecule has 3 aromatic heterocycles. The molecule has 0 bridgehead atoms. The van der Waals surface area contributed by atoms with Gasteiger partial charge in [0.05, 0.1) is 11.4 Å². The zero-order chi connectivity index (χ0) is 19.5. The normalized spacial score (nSPS) is 11.2. The highest BCUT2D eigenvalue weighted by Crippen LogP contribution is 2.30. The highest BCUT2D eigenvalue weighted by molar-refractivity contribution is 7.20. The van der Waals surface area contributed by atoms with Crippen molar-refractivity contribution < 1.29 is 9.53 Å². The van der Waals surface area contributed by atoms with Gasteiger partial charge in [0.1, 0.15) is 9.71 Å². The SMILES string of the molecule is CCCCn1nnnc1COC(=O)c1cc2c(C)nn(-c3ccccc3)c2s1. The summed E-state index contributed by atoms with van der Waals surface area (Å²) in [7, 11) is 0. The van der Waals surface area contributed by atoms with Crippen molar-refractivity contribution in [3.63, 3.8) is 0 Å². The molecule has 4 aromatic rings. The molecule has 0 atom stereocenters.